The molecule has 0 saturated heterocycles. The van der Waals surface area contributed by atoms with Crippen molar-refractivity contribution in [1.82, 2.24) is 4.72 Å². The van der Waals surface area contributed by atoms with E-state index in [-0.39, 0.29) is 4.66 Å². The first-order valence-electron chi connectivity index (χ1n) is 6.18. The zero-order chi connectivity index (χ0) is 14.8. The highest BCUT2D eigenvalue weighted by Gasteiger charge is 2.18. The van der Waals surface area contributed by atoms with Crippen LogP contribution >= 0.6 is 15.9 Å². The Bertz CT molecular complexity index is 695. The number of hydrogen-bond acceptors (Lipinski definition) is 4. The van der Waals surface area contributed by atoms with Gasteiger partial charge in [0.15, 0.2) is 11.3 Å². The van der Waals surface area contributed by atoms with E-state index >= 15 is 0 Å². The summed E-state index contributed by atoms with van der Waals surface area (Å²) in [6.07, 6.45) is 0. The summed E-state index contributed by atoms with van der Waals surface area (Å²) in [6, 6.07) is 6.97. The highest BCUT2D eigenvalue weighted by molar-refractivity contribution is 9.10. The van der Waals surface area contributed by atoms with Gasteiger partial charge in [0.05, 0.1) is 12.6 Å². The summed E-state index contributed by atoms with van der Waals surface area (Å²) >= 11 is 2.94. The van der Waals surface area contributed by atoms with E-state index in [0.717, 1.165) is 5.39 Å². The van der Waals surface area contributed by atoms with Crippen LogP contribution in [0, 0.1) is 0 Å². The zero-order valence-corrected chi connectivity index (χ0v) is 13.6. The number of ether oxygens (including phenoxy) is 1. The van der Waals surface area contributed by atoms with Crippen molar-refractivity contribution in [2.45, 2.75) is 19.9 Å². The van der Waals surface area contributed by atoms with Gasteiger partial charge >= 0.3 is 0 Å². The van der Waals surface area contributed by atoms with E-state index in [2.05, 4.69) is 20.7 Å². The molecule has 20 heavy (non-hydrogen) atoms. The van der Waals surface area contributed by atoms with E-state index in [1.54, 1.807) is 6.92 Å². The van der Waals surface area contributed by atoms with E-state index in [4.69, 9.17) is 9.15 Å². The number of furan rings is 1. The zero-order valence-electron chi connectivity index (χ0n) is 11.2. The van der Waals surface area contributed by atoms with Crippen LogP contribution in [0.25, 0.3) is 11.0 Å². The first-order chi connectivity index (χ1) is 9.46. The Balaban J connectivity index is 2.34. The Labute approximate surface area is 126 Å². The van der Waals surface area contributed by atoms with Crippen LogP contribution in [0.2, 0.25) is 0 Å². The highest BCUT2D eigenvalue weighted by Crippen LogP contribution is 2.31. The van der Waals surface area contributed by atoms with Crippen molar-refractivity contribution >= 4 is 36.9 Å². The van der Waals surface area contributed by atoms with Crippen LogP contribution in [0.3, 0.4) is 0 Å². The Hall–Kier alpha value is -1.05. The molecule has 0 fully saturated rings. The third-order valence-electron chi connectivity index (χ3n) is 2.75. The molecular formula is C13H16BrNO4S. The van der Waals surface area contributed by atoms with Gasteiger partial charge in [0.2, 0.25) is 10.0 Å². The molecule has 0 spiro atoms. The monoisotopic (exact) mass is 361 g/mol. The van der Waals surface area contributed by atoms with Crippen molar-refractivity contribution in [1.29, 1.82) is 0 Å². The number of para-hydroxylation sites is 1. The third kappa shape index (κ3) is 3.34. The first kappa shape index (κ1) is 15.3. The maximum atomic E-state index is 11.5. The molecule has 1 aromatic heterocycles. The molecule has 0 saturated carbocycles. The number of rotatable bonds is 6. The van der Waals surface area contributed by atoms with Crippen molar-refractivity contribution < 1.29 is 17.6 Å². The van der Waals surface area contributed by atoms with E-state index in [0.29, 0.717) is 23.7 Å². The number of nitrogens with one attached hydrogen (secondary N) is 1. The van der Waals surface area contributed by atoms with Crippen LogP contribution in [-0.2, 0) is 10.0 Å². The molecule has 0 radical (unpaired) electrons. The topological polar surface area (TPSA) is 68.5 Å². The van der Waals surface area contributed by atoms with Crippen molar-refractivity contribution in [2.24, 2.45) is 0 Å². The lowest BCUT2D eigenvalue weighted by molar-refractivity contribution is 0.336. The van der Waals surface area contributed by atoms with Gasteiger partial charge in [-0.15, -0.1) is 0 Å². The summed E-state index contributed by atoms with van der Waals surface area (Å²) in [5, 5.41) is 0.885. The second-order valence-electron chi connectivity index (χ2n) is 4.32. The lowest BCUT2D eigenvalue weighted by Crippen LogP contribution is -2.27. The van der Waals surface area contributed by atoms with Crippen LogP contribution in [0.4, 0.5) is 0 Å². The van der Waals surface area contributed by atoms with Crippen molar-refractivity contribution in [3.8, 4) is 5.75 Å². The van der Waals surface area contributed by atoms with Crippen LogP contribution in [0.15, 0.2) is 28.7 Å². The Morgan fingerprint density at radius 1 is 1.45 bits per heavy atom. The third-order valence-corrected chi connectivity index (χ3v) is 5.56. The predicted octanol–water partition coefficient (Wildman–Crippen LogP) is 3.16. The van der Waals surface area contributed by atoms with E-state index in [9.17, 15) is 8.42 Å². The average Bonchev–Trinajstić information content (AvgIpc) is 2.84. The normalized spacial score (nSPS) is 13.6. The minimum Gasteiger partial charge on any atom is -0.490 e. The van der Waals surface area contributed by atoms with Gasteiger partial charge in [0.25, 0.3) is 0 Å². The summed E-state index contributed by atoms with van der Waals surface area (Å²) in [4.78, 5) is 0. The highest BCUT2D eigenvalue weighted by atomic mass is 79.9. The second kappa shape index (κ2) is 6.15. The number of halogens is 1. The van der Waals surface area contributed by atoms with Gasteiger partial charge in [-0.3, -0.25) is 0 Å². The lowest BCUT2D eigenvalue weighted by Gasteiger charge is -2.09. The van der Waals surface area contributed by atoms with Gasteiger partial charge in [0, 0.05) is 5.39 Å². The Morgan fingerprint density at radius 2 is 2.20 bits per heavy atom. The van der Waals surface area contributed by atoms with Gasteiger partial charge in [-0.25, -0.2) is 13.1 Å². The second-order valence-corrected chi connectivity index (χ2v) is 7.38. The predicted molar refractivity (Wildman–Crippen MR) is 81.6 cm³/mol. The van der Waals surface area contributed by atoms with E-state index < -0.39 is 16.1 Å². The van der Waals surface area contributed by atoms with E-state index in [1.807, 2.05) is 31.2 Å². The van der Waals surface area contributed by atoms with Crippen LogP contribution < -0.4 is 9.46 Å². The summed E-state index contributed by atoms with van der Waals surface area (Å²) in [5.74, 6) is 1.21. The average molecular weight is 362 g/mol. The molecule has 2 aromatic rings. The fraction of sp³-hybridized carbons (Fsp3) is 0.385. The molecule has 0 amide bonds. The van der Waals surface area contributed by atoms with Crippen molar-refractivity contribution in [2.75, 3.05) is 11.3 Å². The smallest absolute Gasteiger partial charge is 0.222 e. The number of sulfonamides is 1. The molecule has 0 aliphatic heterocycles. The van der Waals surface area contributed by atoms with Gasteiger partial charge in [-0.05, 0) is 26.0 Å². The fourth-order valence-electron chi connectivity index (χ4n) is 1.90. The van der Waals surface area contributed by atoms with Crippen LogP contribution in [-0.4, -0.2) is 19.7 Å². The van der Waals surface area contributed by atoms with Crippen molar-refractivity contribution in [3.05, 3.63) is 30.0 Å². The maximum Gasteiger partial charge on any atom is 0.222 e. The number of benzene rings is 1. The summed E-state index contributed by atoms with van der Waals surface area (Å²) in [6.45, 7) is 4.18. The number of alkyl halides is 1. The minimum atomic E-state index is -3.35. The van der Waals surface area contributed by atoms with Gasteiger partial charge in [-0.2, -0.15) is 0 Å². The molecule has 1 heterocycles. The molecule has 1 N–H and O–H groups in total. The lowest BCUT2D eigenvalue weighted by atomic mass is 10.2. The minimum absolute atomic E-state index is 0.144. The quantitative estimate of drug-likeness (QED) is 0.802. The standard InChI is InChI=1S/C13H16BrNO4S/c1-3-18-11-6-4-5-10-7-12(19-13(10)11)9(2)15-20(16,17)8-14/h4-7,9,15H,3,8H2,1-2H3. The van der Waals surface area contributed by atoms with Crippen molar-refractivity contribution in [3.63, 3.8) is 0 Å². The van der Waals surface area contributed by atoms with Gasteiger partial charge in [0.1, 0.15) is 10.4 Å². The molecule has 0 bridgehead atoms. The molecule has 110 valence electrons. The SMILES string of the molecule is CCOc1cccc2cc(C(C)NS(=O)(=O)CBr)oc12. The summed E-state index contributed by atoms with van der Waals surface area (Å²) < 4.78 is 36.7. The van der Waals surface area contributed by atoms with E-state index in [1.165, 1.54) is 0 Å². The first-order valence-corrected chi connectivity index (χ1v) is 8.95. The Morgan fingerprint density at radius 3 is 2.85 bits per heavy atom. The fourth-order valence-corrected chi connectivity index (χ4v) is 3.01. The van der Waals surface area contributed by atoms with Gasteiger partial charge in [-0.1, -0.05) is 28.1 Å². The number of hydrogen-bond donors (Lipinski definition) is 1. The van der Waals surface area contributed by atoms with Crippen LogP contribution in [0.1, 0.15) is 25.6 Å². The van der Waals surface area contributed by atoms with Crippen LogP contribution in [0.5, 0.6) is 5.75 Å². The molecule has 1 unspecified atom stereocenters. The molecule has 5 nitrogen and oxygen atoms in total. The summed E-state index contributed by atoms with van der Waals surface area (Å²) in [5.41, 5.74) is 0.634. The maximum absolute atomic E-state index is 11.5. The number of fused-ring (bicyclic) bond motifs is 1. The molecule has 1 atom stereocenters. The van der Waals surface area contributed by atoms with Gasteiger partial charge < -0.3 is 9.15 Å². The molecule has 7 heteroatoms. The largest absolute Gasteiger partial charge is 0.490 e. The molecule has 0 aliphatic rings. The molecule has 1 aromatic carbocycles. The summed E-state index contributed by atoms with van der Waals surface area (Å²) in [7, 11) is -3.35. The molecular weight excluding hydrogens is 346 g/mol. The Kier molecular flexibility index (Phi) is 4.72. The molecule has 2 rings (SSSR count). The molecule has 0 aliphatic carbocycles.